The lowest BCUT2D eigenvalue weighted by molar-refractivity contribution is 0.417. The number of aromatic hydroxyl groups is 1. The summed E-state index contributed by atoms with van der Waals surface area (Å²) in [6, 6.07) is 8.32. The Morgan fingerprint density at radius 3 is 2.69 bits per heavy atom. The van der Waals surface area contributed by atoms with Crippen LogP contribution >= 0.6 is 0 Å². The minimum atomic E-state index is 0.0522. The van der Waals surface area contributed by atoms with Crippen LogP contribution in [0.1, 0.15) is 39.2 Å². The van der Waals surface area contributed by atoms with Gasteiger partial charge in [-0.05, 0) is 30.0 Å². The van der Waals surface area contributed by atoms with E-state index in [1.807, 2.05) is 6.07 Å². The third kappa shape index (κ3) is 2.24. The minimum Gasteiger partial charge on any atom is -0.508 e. The van der Waals surface area contributed by atoms with Crippen molar-refractivity contribution in [2.45, 2.75) is 39.0 Å². The van der Waals surface area contributed by atoms with Crippen LogP contribution in [0.25, 0.3) is 0 Å². The largest absolute Gasteiger partial charge is 0.508 e. The van der Waals surface area contributed by atoms with E-state index in [1.165, 1.54) is 0 Å². The van der Waals surface area contributed by atoms with Gasteiger partial charge in [-0.1, -0.05) is 33.3 Å². The monoisotopic (exact) mass is 177 g/mol. The Balaban J connectivity index is 2.99. The van der Waals surface area contributed by atoms with E-state index < -0.39 is 0 Å². The van der Waals surface area contributed by atoms with Gasteiger partial charge in [0.15, 0.2) is 0 Å². The number of rotatable bonds is 3. The molecular formula is C12H17O. The first-order valence-electron chi connectivity index (χ1n) is 4.77. The molecule has 0 aliphatic carbocycles. The maximum absolute atomic E-state index is 9.65. The van der Waals surface area contributed by atoms with E-state index in [1.54, 1.807) is 12.1 Å². The summed E-state index contributed by atoms with van der Waals surface area (Å²) in [6.45, 7) is 6.46. The van der Waals surface area contributed by atoms with Crippen LogP contribution in [0.4, 0.5) is 0 Å². The Bertz CT molecular complexity index is 276. The molecule has 0 unspecified atom stereocenters. The van der Waals surface area contributed by atoms with Crippen molar-refractivity contribution in [3.8, 4) is 5.75 Å². The topological polar surface area (TPSA) is 20.2 Å². The van der Waals surface area contributed by atoms with Gasteiger partial charge >= 0.3 is 0 Å². The standard InChI is InChI=1S/C12H17O/c1-4-9-12(2,3)10-7-5-6-8-11(10)13/h6-8,13H,4,9H2,1-3H3. The highest BCUT2D eigenvalue weighted by Crippen LogP contribution is 2.33. The lowest BCUT2D eigenvalue weighted by atomic mass is 9.80. The molecule has 1 N–H and O–H groups in total. The van der Waals surface area contributed by atoms with Crippen molar-refractivity contribution in [2.24, 2.45) is 0 Å². The molecule has 0 aliphatic heterocycles. The van der Waals surface area contributed by atoms with E-state index in [2.05, 4.69) is 26.8 Å². The van der Waals surface area contributed by atoms with Gasteiger partial charge in [0.05, 0.1) is 0 Å². The van der Waals surface area contributed by atoms with E-state index in [9.17, 15) is 5.11 Å². The maximum atomic E-state index is 9.65. The van der Waals surface area contributed by atoms with Crippen molar-refractivity contribution in [2.75, 3.05) is 0 Å². The van der Waals surface area contributed by atoms with Crippen LogP contribution < -0.4 is 0 Å². The third-order valence-electron chi connectivity index (χ3n) is 2.45. The van der Waals surface area contributed by atoms with E-state index >= 15 is 0 Å². The lowest BCUT2D eigenvalue weighted by Gasteiger charge is -2.25. The normalized spacial score (nSPS) is 11.6. The molecule has 1 heteroatoms. The smallest absolute Gasteiger partial charge is 0.119 e. The number of hydrogen-bond donors (Lipinski definition) is 1. The summed E-state index contributed by atoms with van der Waals surface area (Å²) in [5.41, 5.74) is 1.05. The van der Waals surface area contributed by atoms with Gasteiger partial charge in [-0.3, -0.25) is 0 Å². The summed E-state index contributed by atoms with van der Waals surface area (Å²) >= 11 is 0. The van der Waals surface area contributed by atoms with E-state index in [0.29, 0.717) is 5.75 Å². The molecule has 0 heterocycles. The Morgan fingerprint density at radius 2 is 2.15 bits per heavy atom. The molecule has 71 valence electrons. The molecule has 0 fully saturated rings. The molecule has 0 aromatic heterocycles. The number of phenols is 1. The van der Waals surface area contributed by atoms with Crippen LogP contribution in [0.3, 0.4) is 0 Å². The molecule has 1 aromatic rings. The maximum Gasteiger partial charge on any atom is 0.119 e. The average Bonchev–Trinajstić information content (AvgIpc) is 2.04. The average molecular weight is 177 g/mol. The van der Waals surface area contributed by atoms with Gasteiger partial charge < -0.3 is 5.11 Å². The minimum absolute atomic E-state index is 0.0522. The van der Waals surface area contributed by atoms with Gasteiger partial charge in [0.1, 0.15) is 5.75 Å². The molecule has 1 nitrogen and oxygen atoms in total. The second-order valence-electron chi connectivity index (χ2n) is 4.08. The van der Waals surface area contributed by atoms with Crippen LogP contribution in [0.2, 0.25) is 0 Å². The third-order valence-corrected chi connectivity index (χ3v) is 2.45. The first kappa shape index (κ1) is 10.1. The Hall–Kier alpha value is -0.980. The van der Waals surface area contributed by atoms with Crippen LogP contribution in [0.5, 0.6) is 5.75 Å². The summed E-state index contributed by atoms with van der Waals surface area (Å²) < 4.78 is 0. The van der Waals surface area contributed by atoms with Crippen LogP contribution in [-0.2, 0) is 5.41 Å². The number of benzene rings is 1. The summed E-state index contributed by atoms with van der Waals surface area (Å²) in [7, 11) is 0. The van der Waals surface area contributed by atoms with Gasteiger partial charge in [0.25, 0.3) is 0 Å². The Labute approximate surface area is 80.4 Å². The predicted octanol–water partition coefficient (Wildman–Crippen LogP) is 3.27. The molecule has 1 radical (unpaired) electrons. The second kappa shape index (κ2) is 3.82. The molecule has 1 rings (SSSR count). The fourth-order valence-electron chi connectivity index (χ4n) is 1.72. The van der Waals surface area contributed by atoms with Gasteiger partial charge in [-0.25, -0.2) is 0 Å². The van der Waals surface area contributed by atoms with Crippen molar-refractivity contribution in [3.05, 3.63) is 29.8 Å². The van der Waals surface area contributed by atoms with Crippen molar-refractivity contribution in [1.82, 2.24) is 0 Å². The van der Waals surface area contributed by atoms with Gasteiger partial charge in [0, 0.05) is 5.56 Å². The quantitative estimate of drug-likeness (QED) is 0.751. The molecule has 13 heavy (non-hydrogen) atoms. The number of hydrogen-bond acceptors (Lipinski definition) is 1. The molecule has 0 bridgehead atoms. The van der Waals surface area contributed by atoms with Crippen molar-refractivity contribution in [3.63, 3.8) is 0 Å². The second-order valence-corrected chi connectivity index (χ2v) is 4.08. The highest BCUT2D eigenvalue weighted by Gasteiger charge is 2.21. The van der Waals surface area contributed by atoms with Gasteiger partial charge in [0.2, 0.25) is 0 Å². The van der Waals surface area contributed by atoms with Crippen molar-refractivity contribution in [1.29, 1.82) is 0 Å². The van der Waals surface area contributed by atoms with Crippen LogP contribution in [-0.4, -0.2) is 5.11 Å². The molecule has 1 aromatic carbocycles. The van der Waals surface area contributed by atoms with E-state index in [-0.39, 0.29) is 5.41 Å². The van der Waals surface area contributed by atoms with Crippen molar-refractivity contribution >= 4 is 0 Å². The zero-order valence-electron chi connectivity index (χ0n) is 8.59. The molecule has 0 atom stereocenters. The Kier molecular flexibility index (Phi) is 2.97. The highest BCUT2D eigenvalue weighted by atomic mass is 16.3. The fraction of sp³-hybridized carbons (Fsp3) is 0.500. The molecule has 0 saturated heterocycles. The zero-order valence-corrected chi connectivity index (χ0v) is 8.59. The lowest BCUT2D eigenvalue weighted by Crippen LogP contribution is -2.16. The first-order valence-corrected chi connectivity index (χ1v) is 4.77. The molecule has 0 aliphatic rings. The fourth-order valence-corrected chi connectivity index (χ4v) is 1.72. The molecule has 0 amide bonds. The summed E-state index contributed by atoms with van der Waals surface area (Å²) in [6.07, 6.45) is 2.21. The molecule has 0 spiro atoms. The summed E-state index contributed by atoms with van der Waals surface area (Å²) in [5.74, 6) is 0.386. The van der Waals surface area contributed by atoms with Gasteiger partial charge in [-0.2, -0.15) is 0 Å². The first-order chi connectivity index (χ1) is 6.08. The van der Waals surface area contributed by atoms with Crippen molar-refractivity contribution < 1.29 is 5.11 Å². The summed E-state index contributed by atoms with van der Waals surface area (Å²) in [5, 5.41) is 9.65. The highest BCUT2D eigenvalue weighted by molar-refractivity contribution is 5.36. The van der Waals surface area contributed by atoms with Gasteiger partial charge in [-0.15, -0.1) is 0 Å². The van der Waals surface area contributed by atoms with Crippen LogP contribution in [0, 0.1) is 6.07 Å². The molecular weight excluding hydrogens is 160 g/mol. The predicted molar refractivity (Wildman–Crippen MR) is 54.9 cm³/mol. The number of phenolic OH excluding ortho intramolecular Hbond substituents is 1. The summed E-state index contributed by atoms with van der Waals surface area (Å²) in [4.78, 5) is 0. The zero-order chi connectivity index (χ0) is 9.90. The van der Waals surface area contributed by atoms with E-state index in [0.717, 1.165) is 18.4 Å². The van der Waals surface area contributed by atoms with Crippen LogP contribution in [0.15, 0.2) is 18.2 Å². The SMILES string of the molecule is CCCC(C)(C)c1c[c]ccc1O. The molecule has 0 saturated carbocycles. The van der Waals surface area contributed by atoms with E-state index in [4.69, 9.17) is 0 Å². The Morgan fingerprint density at radius 1 is 1.46 bits per heavy atom.